The van der Waals surface area contributed by atoms with Crippen molar-refractivity contribution < 1.29 is 4.74 Å². The Morgan fingerprint density at radius 1 is 1.00 bits per heavy atom. The Hall–Kier alpha value is 1.21. The number of halogens is 3. The second kappa shape index (κ2) is 5.44. The van der Waals surface area contributed by atoms with Gasteiger partial charge in [0.05, 0.1) is 16.1 Å². The molecule has 2 fully saturated rings. The molecular formula is C15H25Br2ClO. The highest BCUT2D eigenvalue weighted by atomic mass is 79.9. The predicted octanol–water partition coefficient (Wildman–Crippen LogP) is 5.66. The number of hydrogen-bond acceptors (Lipinski definition) is 1. The molecule has 0 N–H and O–H groups in total. The van der Waals surface area contributed by atoms with E-state index in [1.54, 1.807) is 0 Å². The molecule has 1 saturated carbocycles. The maximum atomic E-state index is 6.56. The molecule has 0 amide bonds. The van der Waals surface area contributed by atoms with Gasteiger partial charge in [-0.15, -0.1) is 11.6 Å². The summed E-state index contributed by atoms with van der Waals surface area (Å²) in [6.45, 7) is 8.84. The van der Waals surface area contributed by atoms with E-state index in [0.29, 0.717) is 15.6 Å². The van der Waals surface area contributed by atoms with Crippen LogP contribution in [0.5, 0.6) is 0 Å². The van der Waals surface area contributed by atoms with Crippen LogP contribution in [-0.2, 0) is 4.74 Å². The molecule has 2 rings (SSSR count). The van der Waals surface area contributed by atoms with E-state index in [4.69, 9.17) is 16.3 Å². The molecule has 1 nitrogen and oxygen atoms in total. The zero-order valence-corrected chi connectivity index (χ0v) is 16.2. The molecule has 4 heteroatoms. The molecule has 19 heavy (non-hydrogen) atoms. The summed E-state index contributed by atoms with van der Waals surface area (Å²) in [6.07, 6.45) is 5.66. The Kier molecular flexibility index (Phi) is 4.75. The maximum Gasteiger partial charge on any atom is 0.0758 e. The van der Waals surface area contributed by atoms with Crippen LogP contribution in [0.2, 0.25) is 0 Å². The van der Waals surface area contributed by atoms with Gasteiger partial charge in [0.25, 0.3) is 0 Å². The summed E-state index contributed by atoms with van der Waals surface area (Å²) < 4.78 is 6.52. The lowest BCUT2D eigenvalue weighted by Crippen LogP contribution is -2.55. The lowest BCUT2D eigenvalue weighted by Gasteiger charge is -2.52. The molecule has 112 valence electrons. The van der Waals surface area contributed by atoms with Crippen LogP contribution in [0.25, 0.3) is 0 Å². The zero-order valence-electron chi connectivity index (χ0n) is 12.3. The summed E-state index contributed by atoms with van der Waals surface area (Å²) in [7, 11) is 0. The Labute approximate surface area is 139 Å². The van der Waals surface area contributed by atoms with Crippen molar-refractivity contribution in [3.8, 4) is 0 Å². The highest BCUT2D eigenvalue weighted by molar-refractivity contribution is 9.09. The molecule has 2 aliphatic rings. The number of hydrogen-bond donors (Lipinski definition) is 0. The van der Waals surface area contributed by atoms with Gasteiger partial charge in [-0.2, -0.15) is 0 Å². The van der Waals surface area contributed by atoms with E-state index >= 15 is 0 Å². The largest absolute Gasteiger partial charge is 0.368 e. The number of rotatable bonds is 1. The second-order valence-electron chi connectivity index (χ2n) is 7.24. The fourth-order valence-electron chi connectivity index (χ4n) is 3.55. The SMILES string of the molecule is CC1(C)O[C@@](C)([C@@H]2CC[C@@](C)(Cl)[C@H](Br)C2)CC[C@@H]1Br. The van der Waals surface area contributed by atoms with E-state index in [1.165, 1.54) is 12.8 Å². The summed E-state index contributed by atoms with van der Waals surface area (Å²) in [5.41, 5.74) is -0.0935. The zero-order chi connectivity index (χ0) is 14.5. The van der Waals surface area contributed by atoms with E-state index in [-0.39, 0.29) is 16.1 Å². The minimum atomic E-state index is -0.102. The molecule has 5 atom stereocenters. The van der Waals surface area contributed by atoms with Crippen LogP contribution in [0.15, 0.2) is 0 Å². The first-order valence-electron chi connectivity index (χ1n) is 7.24. The monoisotopic (exact) mass is 414 g/mol. The Morgan fingerprint density at radius 3 is 2.16 bits per heavy atom. The van der Waals surface area contributed by atoms with Crippen LogP contribution in [0.1, 0.15) is 59.8 Å². The topological polar surface area (TPSA) is 9.23 Å². The molecule has 0 unspecified atom stereocenters. The van der Waals surface area contributed by atoms with Gasteiger partial charge in [0.15, 0.2) is 0 Å². The van der Waals surface area contributed by atoms with E-state index in [2.05, 4.69) is 59.6 Å². The molecular weight excluding hydrogens is 391 g/mol. The smallest absolute Gasteiger partial charge is 0.0758 e. The summed E-state index contributed by atoms with van der Waals surface area (Å²) in [5.74, 6) is 0.600. The van der Waals surface area contributed by atoms with Gasteiger partial charge in [-0.3, -0.25) is 0 Å². The van der Waals surface area contributed by atoms with E-state index in [0.717, 1.165) is 19.3 Å². The van der Waals surface area contributed by atoms with E-state index in [1.807, 2.05) is 0 Å². The van der Waals surface area contributed by atoms with Gasteiger partial charge in [-0.1, -0.05) is 31.9 Å². The third-order valence-electron chi connectivity index (χ3n) is 5.13. The molecule has 0 aromatic rings. The first-order chi connectivity index (χ1) is 8.57. The first kappa shape index (κ1) is 16.6. The summed E-state index contributed by atoms with van der Waals surface area (Å²) >= 11 is 14.1. The van der Waals surface area contributed by atoms with Crippen molar-refractivity contribution in [3.63, 3.8) is 0 Å². The van der Waals surface area contributed by atoms with Crippen molar-refractivity contribution in [2.45, 2.75) is 85.5 Å². The Balaban J connectivity index is 2.10. The number of ether oxygens (including phenoxy) is 1. The second-order valence-corrected chi connectivity index (χ2v) is 10.3. The highest BCUT2D eigenvalue weighted by Gasteiger charge is 2.50. The van der Waals surface area contributed by atoms with Crippen molar-refractivity contribution >= 4 is 43.5 Å². The lowest BCUT2D eigenvalue weighted by molar-refractivity contribution is -0.190. The minimum absolute atomic E-state index is 0.00677. The fourth-order valence-corrected chi connectivity index (χ4v) is 4.75. The quantitative estimate of drug-likeness (QED) is 0.501. The average Bonchev–Trinajstić information content (AvgIpc) is 2.27. The molecule has 0 aromatic carbocycles. The molecule has 1 aliphatic carbocycles. The van der Waals surface area contributed by atoms with Crippen LogP contribution in [0.3, 0.4) is 0 Å². The molecule has 1 heterocycles. The van der Waals surface area contributed by atoms with Crippen LogP contribution in [-0.4, -0.2) is 25.7 Å². The summed E-state index contributed by atoms with van der Waals surface area (Å²) in [6, 6.07) is 0. The van der Waals surface area contributed by atoms with Gasteiger partial charge >= 0.3 is 0 Å². The molecule has 0 radical (unpaired) electrons. The van der Waals surface area contributed by atoms with Crippen molar-refractivity contribution in [2.75, 3.05) is 0 Å². The van der Waals surface area contributed by atoms with Crippen molar-refractivity contribution in [3.05, 3.63) is 0 Å². The van der Waals surface area contributed by atoms with Gasteiger partial charge in [-0.25, -0.2) is 0 Å². The maximum absolute atomic E-state index is 6.56. The molecule has 0 aromatic heterocycles. The average molecular weight is 417 g/mol. The Bertz CT molecular complexity index is 345. The lowest BCUT2D eigenvalue weighted by atomic mass is 9.70. The van der Waals surface area contributed by atoms with Crippen LogP contribution >= 0.6 is 43.5 Å². The van der Waals surface area contributed by atoms with Gasteiger partial charge < -0.3 is 4.74 Å². The molecule has 1 aliphatic heterocycles. The normalized spacial score (nSPS) is 51.0. The van der Waals surface area contributed by atoms with Gasteiger partial charge in [0, 0.05) is 9.65 Å². The predicted molar refractivity (Wildman–Crippen MR) is 89.8 cm³/mol. The van der Waals surface area contributed by atoms with Gasteiger partial charge in [0.1, 0.15) is 0 Å². The molecule has 0 bridgehead atoms. The van der Waals surface area contributed by atoms with E-state index in [9.17, 15) is 0 Å². The van der Waals surface area contributed by atoms with Crippen molar-refractivity contribution in [2.24, 2.45) is 5.92 Å². The first-order valence-corrected chi connectivity index (χ1v) is 9.45. The van der Waals surface area contributed by atoms with Gasteiger partial charge in [-0.05, 0) is 65.7 Å². The molecule has 0 spiro atoms. The van der Waals surface area contributed by atoms with Crippen LogP contribution in [0.4, 0.5) is 0 Å². The van der Waals surface area contributed by atoms with Crippen LogP contribution < -0.4 is 0 Å². The third-order valence-corrected chi connectivity index (χ3v) is 8.80. The fraction of sp³-hybridized carbons (Fsp3) is 1.00. The number of alkyl halides is 3. The highest BCUT2D eigenvalue weighted by Crippen LogP contribution is 2.50. The van der Waals surface area contributed by atoms with Crippen LogP contribution in [0, 0.1) is 5.92 Å². The van der Waals surface area contributed by atoms with Gasteiger partial charge in [0.2, 0.25) is 0 Å². The van der Waals surface area contributed by atoms with Crippen molar-refractivity contribution in [1.82, 2.24) is 0 Å². The summed E-state index contributed by atoms with van der Waals surface area (Å²) in [4.78, 5) is 0.731. The van der Waals surface area contributed by atoms with Crippen molar-refractivity contribution in [1.29, 1.82) is 0 Å². The van der Waals surface area contributed by atoms with E-state index < -0.39 is 0 Å². The molecule has 1 saturated heterocycles. The Morgan fingerprint density at radius 2 is 1.63 bits per heavy atom. The summed E-state index contributed by atoms with van der Waals surface area (Å²) in [5, 5.41) is 0. The third kappa shape index (κ3) is 3.35. The minimum Gasteiger partial charge on any atom is -0.368 e. The standard InChI is InChI=1S/C15H25Br2ClO/c1-13(2)11(16)6-8-15(4,19-13)10-5-7-14(3,18)12(17)9-10/h10-12H,5-9H2,1-4H3/t10-,11+,12-,14-,15-/m1/s1.